The van der Waals surface area contributed by atoms with E-state index in [-0.39, 0.29) is 11.3 Å². The fourth-order valence-electron chi connectivity index (χ4n) is 2.53. The van der Waals surface area contributed by atoms with Gasteiger partial charge in [-0.3, -0.25) is 4.79 Å². The lowest BCUT2D eigenvalue weighted by Gasteiger charge is -2.23. The van der Waals surface area contributed by atoms with E-state index >= 15 is 0 Å². The van der Waals surface area contributed by atoms with E-state index in [9.17, 15) is 4.79 Å². The van der Waals surface area contributed by atoms with E-state index in [1.807, 2.05) is 29.9 Å². The van der Waals surface area contributed by atoms with Crippen molar-refractivity contribution < 1.29 is 13.9 Å². The van der Waals surface area contributed by atoms with Gasteiger partial charge in [-0.15, -0.1) is 0 Å². The fraction of sp³-hybridized carbons (Fsp3) is 0.294. The average molecular weight is 348 g/mol. The summed E-state index contributed by atoms with van der Waals surface area (Å²) in [5.41, 5.74) is 2.71. The summed E-state index contributed by atoms with van der Waals surface area (Å²) in [6.07, 6.45) is 1.96. The molecule has 7 heteroatoms. The van der Waals surface area contributed by atoms with Crippen molar-refractivity contribution in [2.45, 2.75) is 6.54 Å². The zero-order valence-electron chi connectivity index (χ0n) is 13.5. The number of rotatable bonds is 6. The van der Waals surface area contributed by atoms with Crippen molar-refractivity contribution in [3.8, 4) is 0 Å². The van der Waals surface area contributed by atoms with Crippen molar-refractivity contribution >= 4 is 28.6 Å². The summed E-state index contributed by atoms with van der Waals surface area (Å²) in [4.78, 5) is 18.7. The molecular formula is C17H18ClN3O3. The largest absolute Gasteiger partial charge is 0.428 e. The number of nitrogens with zero attached hydrogens (tertiary/aromatic N) is 3. The minimum atomic E-state index is -0.0886. The predicted molar refractivity (Wildman–Crippen MR) is 91.0 cm³/mol. The fourth-order valence-corrected chi connectivity index (χ4v) is 2.70. The summed E-state index contributed by atoms with van der Waals surface area (Å²) < 4.78 is 12.4. The molecule has 0 saturated heterocycles. The Morgan fingerprint density at radius 2 is 2.25 bits per heavy atom. The van der Waals surface area contributed by atoms with Crippen LogP contribution >= 0.6 is 11.6 Å². The maximum absolute atomic E-state index is 12.9. The number of amides is 1. The van der Waals surface area contributed by atoms with Crippen LogP contribution in [-0.4, -0.2) is 40.6 Å². The number of carbonyl (C=O) groups is 1. The van der Waals surface area contributed by atoms with E-state index in [0.717, 1.165) is 5.69 Å². The van der Waals surface area contributed by atoms with Crippen LogP contribution in [0.15, 0.2) is 40.9 Å². The highest BCUT2D eigenvalue weighted by Crippen LogP contribution is 2.21. The minimum Gasteiger partial charge on any atom is -0.428 e. The Labute approximate surface area is 144 Å². The van der Waals surface area contributed by atoms with E-state index in [1.165, 1.54) is 0 Å². The van der Waals surface area contributed by atoms with Gasteiger partial charge in [0.05, 0.1) is 13.2 Å². The summed E-state index contributed by atoms with van der Waals surface area (Å²) in [7, 11) is 3.58. The predicted octanol–water partition coefficient (Wildman–Crippen LogP) is 3.11. The first kappa shape index (κ1) is 16.5. The second-order valence-electron chi connectivity index (χ2n) is 5.48. The molecule has 3 rings (SSSR count). The Hall–Kier alpha value is -2.31. The van der Waals surface area contributed by atoms with Gasteiger partial charge in [0.1, 0.15) is 5.52 Å². The van der Waals surface area contributed by atoms with Crippen LogP contribution in [0.1, 0.15) is 16.1 Å². The monoisotopic (exact) mass is 347 g/mol. The van der Waals surface area contributed by atoms with Crippen molar-refractivity contribution in [2.24, 2.45) is 7.05 Å². The van der Waals surface area contributed by atoms with Crippen molar-refractivity contribution in [1.29, 1.82) is 0 Å². The Morgan fingerprint density at radius 3 is 2.96 bits per heavy atom. The summed E-state index contributed by atoms with van der Waals surface area (Å²) in [6, 6.07) is 9.07. The van der Waals surface area contributed by atoms with E-state index < -0.39 is 0 Å². The third kappa shape index (κ3) is 3.44. The Kier molecular flexibility index (Phi) is 4.87. The summed E-state index contributed by atoms with van der Waals surface area (Å²) >= 11 is 5.77. The molecule has 126 valence electrons. The van der Waals surface area contributed by atoms with Crippen LogP contribution in [0.25, 0.3) is 11.1 Å². The molecule has 0 bridgehead atoms. The van der Waals surface area contributed by atoms with E-state index in [2.05, 4.69) is 4.98 Å². The van der Waals surface area contributed by atoms with Gasteiger partial charge < -0.3 is 18.6 Å². The highest BCUT2D eigenvalue weighted by Gasteiger charge is 2.18. The van der Waals surface area contributed by atoms with E-state index in [0.29, 0.717) is 36.4 Å². The van der Waals surface area contributed by atoms with E-state index in [1.54, 1.807) is 30.2 Å². The van der Waals surface area contributed by atoms with Crippen LogP contribution in [0.4, 0.5) is 0 Å². The van der Waals surface area contributed by atoms with Crippen molar-refractivity contribution in [2.75, 3.05) is 20.3 Å². The van der Waals surface area contributed by atoms with Gasteiger partial charge in [0.2, 0.25) is 0 Å². The number of ether oxygens (including phenoxy) is 1. The number of fused-ring (bicyclic) bond motifs is 1. The number of hydrogen-bond donors (Lipinski definition) is 0. The van der Waals surface area contributed by atoms with Gasteiger partial charge in [-0.1, -0.05) is 0 Å². The molecule has 0 saturated carbocycles. The topological polar surface area (TPSA) is 60.5 Å². The molecule has 0 aliphatic carbocycles. The molecule has 0 aliphatic rings. The molecule has 0 atom stereocenters. The second-order valence-corrected chi connectivity index (χ2v) is 5.80. The Morgan fingerprint density at radius 1 is 1.42 bits per heavy atom. The third-order valence-corrected chi connectivity index (χ3v) is 4.03. The molecule has 0 fully saturated rings. The number of hydrogen-bond acceptors (Lipinski definition) is 4. The maximum atomic E-state index is 12.9. The lowest BCUT2D eigenvalue weighted by molar-refractivity contribution is 0.0676. The number of benzene rings is 1. The SMILES string of the molecule is COCCN(Cc1cccn1C)C(=O)c1ccc2oc(Cl)nc2c1. The first-order chi connectivity index (χ1) is 11.6. The van der Waals surface area contributed by atoms with Crippen LogP contribution in [0.5, 0.6) is 0 Å². The number of aromatic nitrogens is 2. The highest BCUT2D eigenvalue weighted by molar-refractivity contribution is 6.28. The molecule has 0 radical (unpaired) electrons. The van der Waals surface area contributed by atoms with Gasteiger partial charge in [-0.2, -0.15) is 4.98 Å². The van der Waals surface area contributed by atoms with Crippen LogP contribution < -0.4 is 0 Å². The number of carbonyl (C=O) groups excluding carboxylic acids is 1. The molecule has 0 N–H and O–H groups in total. The molecule has 0 unspecified atom stereocenters. The number of aryl methyl sites for hydroxylation is 1. The van der Waals surface area contributed by atoms with Crippen LogP contribution in [0.2, 0.25) is 5.35 Å². The summed E-state index contributed by atoms with van der Waals surface area (Å²) in [6.45, 7) is 1.47. The van der Waals surface area contributed by atoms with Gasteiger partial charge in [-0.25, -0.2) is 0 Å². The van der Waals surface area contributed by atoms with Crippen molar-refractivity contribution in [3.63, 3.8) is 0 Å². The first-order valence-electron chi connectivity index (χ1n) is 7.53. The van der Waals surface area contributed by atoms with Crippen LogP contribution in [0, 0.1) is 0 Å². The lowest BCUT2D eigenvalue weighted by atomic mass is 10.1. The van der Waals surface area contributed by atoms with Gasteiger partial charge in [0.25, 0.3) is 11.3 Å². The lowest BCUT2D eigenvalue weighted by Crippen LogP contribution is -2.34. The molecule has 2 aromatic heterocycles. The smallest absolute Gasteiger partial charge is 0.293 e. The minimum absolute atomic E-state index is 0.0645. The molecule has 3 aromatic rings. The molecule has 1 amide bonds. The number of halogens is 1. The number of methoxy groups -OCH3 is 1. The van der Waals surface area contributed by atoms with Crippen molar-refractivity contribution in [3.05, 3.63) is 53.1 Å². The standard InChI is InChI=1S/C17H18ClN3O3/c1-20-7-3-4-13(20)11-21(8-9-23-2)16(22)12-5-6-15-14(10-12)19-17(18)24-15/h3-7,10H,8-9,11H2,1-2H3. The molecular weight excluding hydrogens is 330 g/mol. The maximum Gasteiger partial charge on any atom is 0.293 e. The summed E-state index contributed by atoms with van der Waals surface area (Å²) in [5, 5.41) is 0.0645. The zero-order valence-corrected chi connectivity index (χ0v) is 14.3. The number of oxazole rings is 1. The Bertz CT molecular complexity index is 856. The average Bonchev–Trinajstić information content (AvgIpc) is 3.14. The molecule has 0 aliphatic heterocycles. The van der Waals surface area contributed by atoms with Gasteiger partial charge in [0.15, 0.2) is 5.58 Å². The normalized spacial score (nSPS) is 11.1. The van der Waals surface area contributed by atoms with Gasteiger partial charge >= 0.3 is 0 Å². The first-order valence-corrected chi connectivity index (χ1v) is 7.91. The highest BCUT2D eigenvalue weighted by atomic mass is 35.5. The second kappa shape index (κ2) is 7.07. The molecule has 1 aromatic carbocycles. The van der Waals surface area contributed by atoms with Crippen LogP contribution in [0.3, 0.4) is 0 Å². The molecule has 0 spiro atoms. The Balaban J connectivity index is 1.86. The van der Waals surface area contributed by atoms with Gasteiger partial charge in [0, 0.05) is 38.2 Å². The molecule has 2 heterocycles. The zero-order chi connectivity index (χ0) is 17.1. The summed E-state index contributed by atoms with van der Waals surface area (Å²) in [5.74, 6) is -0.0886. The van der Waals surface area contributed by atoms with E-state index in [4.69, 9.17) is 20.8 Å². The molecule has 6 nitrogen and oxygen atoms in total. The third-order valence-electron chi connectivity index (χ3n) is 3.87. The van der Waals surface area contributed by atoms with Gasteiger partial charge in [-0.05, 0) is 41.9 Å². The van der Waals surface area contributed by atoms with Crippen LogP contribution in [-0.2, 0) is 18.3 Å². The van der Waals surface area contributed by atoms with Crippen molar-refractivity contribution in [1.82, 2.24) is 14.5 Å². The molecule has 24 heavy (non-hydrogen) atoms. The quantitative estimate of drug-likeness (QED) is 0.687.